The molecule has 1 aliphatic heterocycles. The van der Waals surface area contributed by atoms with E-state index in [4.69, 9.17) is 14.0 Å². The second kappa shape index (κ2) is 7.00. The molecule has 0 atom stereocenters. The van der Waals surface area contributed by atoms with Crippen LogP contribution in [0.25, 0.3) is 0 Å². The van der Waals surface area contributed by atoms with Gasteiger partial charge in [0.15, 0.2) is 0 Å². The highest BCUT2D eigenvalue weighted by Crippen LogP contribution is 2.37. The van der Waals surface area contributed by atoms with Gasteiger partial charge in [-0.15, -0.1) is 0 Å². The largest absolute Gasteiger partial charge is 0.462 e. The lowest BCUT2D eigenvalue weighted by Crippen LogP contribution is -2.41. The van der Waals surface area contributed by atoms with Gasteiger partial charge in [0, 0.05) is 12.9 Å². The van der Waals surface area contributed by atoms with E-state index in [0.717, 1.165) is 11.1 Å². The Morgan fingerprint density at radius 1 is 1.12 bits per heavy atom. The lowest BCUT2D eigenvalue weighted by atomic mass is 9.80. The maximum absolute atomic E-state index is 11.8. The summed E-state index contributed by atoms with van der Waals surface area (Å²) in [6.45, 7) is 14.2. The molecule has 1 saturated heterocycles. The molecule has 1 amide bonds. The standard InChI is InChI=1S/C19H30BNO4/c1-17(2,3)23-16(22)21-13-15-10-8-9-14(11-15)12-20-24-18(4,5)19(6,7)25-20/h8-11H,12-13H2,1-7H3,(H,21,22). The van der Waals surface area contributed by atoms with Gasteiger partial charge in [0.2, 0.25) is 0 Å². The van der Waals surface area contributed by atoms with Crippen molar-refractivity contribution in [2.24, 2.45) is 0 Å². The number of hydrogen-bond acceptors (Lipinski definition) is 4. The van der Waals surface area contributed by atoms with E-state index in [0.29, 0.717) is 12.9 Å². The molecular weight excluding hydrogens is 317 g/mol. The van der Waals surface area contributed by atoms with Gasteiger partial charge in [-0.1, -0.05) is 24.3 Å². The molecule has 0 spiro atoms. The molecule has 0 aliphatic carbocycles. The van der Waals surface area contributed by atoms with E-state index in [9.17, 15) is 4.79 Å². The minimum absolute atomic E-state index is 0.265. The minimum atomic E-state index is -0.497. The smallest absolute Gasteiger partial charge is 0.444 e. The number of rotatable bonds is 4. The molecule has 5 nitrogen and oxygen atoms in total. The molecule has 0 bridgehead atoms. The van der Waals surface area contributed by atoms with Crippen LogP contribution in [-0.2, 0) is 26.9 Å². The van der Waals surface area contributed by atoms with Crippen LogP contribution in [0.1, 0.15) is 59.6 Å². The van der Waals surface area contributed by atoms with E-state index >= 15 is 0 Å². The van der Waals surface area contributed by atoms with Crippen molar-refractivity contribution in [2.75, 3.05) is 0 Å². The quantitative estimate of drug-likeness (QED) is 0.840. The van der Waals surface area contributed by atoms with Crippen molar-refractivity contribution in [1.29, 1.82) is 0 Å². The molecule has 25 heavy (non-hydrogen) atoms. The molecular formula is C19H30BNO4. The first-order valence-corrected chi connectivity index (χ1v) is 8.78. The van der Waals surface area contributed by atoms with Crippen LogP contribution in [-0.4, -0.2) is 30.0 Å². The van der Waals surface area contributed by atoms with E-state index in [1.54, 1.807) is 0 Å². The zero-order valence-corrected chi connectivity index (χ0v) is 16.4. The highest BCUT2D eigenvalue weighted by atomic mass is 16.7. The van der Waals surface area contributed by atoms with E-state index in [2.05, 4.69) is 11.4 Å². The van der Waals surface area contributed by atoms with Crippen molar-refractivity contribution >= 4 is 13.2 Å². The molecule has 1 N–H and O–H groups in total. The van der Waals surface area contributed by atoms with Gasteiger partial charge >= 0.3 is 13.2 Å². The fraction of sp³-hybridized carbons (Fsp3) is 0.632. The first-order chi connectivity index (χ1) is 11.4. The van der Waals surface area contributed by atoms with Crippen molar-refractivity contribution in [2.45, 2.75) is 78.1 Å². The second-order valence-corrected chi connectivity index (χ2v) is 8.57. The third-order valence-corrected chi connectivity index (χ3v) is 4.53. The predicted molar refractivity (Wildman–Crippen MR) is 99.3 cm³/mol. The lowest BCUT2D eigenvalue weighted by molar-refractivity contribution is 0.00578. The molecule has 1 aliphatic rings. The molecule has 1 aromatic rings. The first kappa shape index (κ1) is 19.8. The number of alkyl carbamates (subject to hydrolysis) is 1. The van der Waals surface area contributed by atoms with Gasteiger partial charge < -0.3 is 19.4 Å². The van der Waals surface area contributed by atoms with E-state index in [1.165, 1.54) is 0 Å². The Morgan fingerprint density at radius 3 is 2.24 bits per heavy atom. The van der Waals surface area contributed by atoms with Crippen LogP contribution >= 0.6 is 0 Å². The summed E-state index contributed by atoms with van der Waals surface area (Å²) in [5.41, 5.74) is 0.978. The predicted octanol–water partition coefficient (Wildman–Crippen LogP) is 3.89. The van der Waals surface area contributed by atoms with Gasteiger partial charge in [-0.2, -0.15) is 0 Å². The Bertz CT molecular complexity index is 606. The van der Waals surface area contributed by atoms with Crippen LogP contribution in [0.5, 0.6) is 0 Å². The molecule has 1 fully saturated rings. The first-order valence-electron chi connectivity index (χ1n) is 8.78. The van der Waals surface area contributed by atoms with E-state index in [1.807, 2.05) is 66.7 Å². The zero-order valence-electron chi connectivity index (χ0n) is 16.4. The van der Waals surface area contributed by atoms with Crippen LogP contribution in [0, 0.1) is 0 Å². The number of amides is 1. The molecule has 0 radical (unpaired) electrons. The van der Waals surface area contributed by atoms with Crippen LogP contribution in [0.15, 0.2) is 24.3 Å². The fourth-order valence-corrected chi connectivity index (χ4v) is 2.60. The molecule has 0 saturated carbocycles. The van der Waals surface area contributed by atoms with Crippen molar-refractivity contribution in [3.63, 3.8) is 0 Å². The Hall–Kier alpha value is -1.53. The monoisotopic (exact) mass is 347 g/mol. The summed E-state index contributed by atoms with van der Waals surface area (Å²) >= 11 is 0. The van der Waals surface area contributed by atoms with E-state index < -0.39 is 11.7 Å². The SMILES string of the molecule is CC(C)(C)OC(=O)NCc1cccc(CB2OC(C)(C)C(C)(C)O2)c1. The van der Waals surface area contributed by atoms with Crippen LogP contribution in [0.2, 0.25) is 0 Å². The Balaban J connectivity index is 1.93. The summed E-state index contributed by atoms with van der Waals surface area (Å²) in [5, 5.41) is 2.78. The number of carbonyl (C=O) groups excluding carboxylic acids is 1. The van der Waals surface area contributed by atoms with Crippen LogP contribution < -0.4 is 5.32 Å². The van der Waals surface area contributed by atoms with Crippen molar-refractivity contribution < 1.29 is 18.8 Å². The normalized spacial score (nSPS) is 18.9. The van der Waals surface area contributed by atoms with Gasteiger partial charge in [0.05, 0.1) is 11.2 Å². The number of nitrogens with one attached hydrogen (secondary N) is 1. The fourth-order valence-electron chi connectivity index (χ4n) is 2.60. The van der Waals surface area contributed by atoms with Gasteiger partial charge in [0.1, 0.15) is 5.60 Å². The number of carbonyl (C=O) groups is 1. The highest BCUT2D eigenvalue weighted by Gasteiger charge is 2.50. The topological polar surface area (TPSA) is 56.8 Å². The molecule has 138 valence electrons. The summed E-state index contributed by atoms with van der Waals surface area (Å²) in [5.74, 6) is 0. The molecule has 1 heterocycles. The molecule has 0 aromatic heterocycles. The summed E-state index contributed by atoms with van der Waals surface area (Å²) in [6, 6.07) is 8.06. The number of hydrogen-bond donors (Lipinski definition) is 1. The molecule has 0 unspecified atom stereocenters. The Kier molecular flexibility index (Phi) is 5.54. The van der Waals surface area contributed by atoms with Gasteiger partial charge in [0.25, 0.3) is 0 Å². The third kappa shape index (κ3) is 5.48. The second-order valence-electron chi connectivity index (χ2n) is 8.57. The lowest BCUT2D eigenvalue weighted by Gasteiger charge is -2.32. The summed E-state index contributed by atoms with van der Waals surface area (Å²) in [4.78, 5) is 11.8. The molecule has 6 heteroatoms. The van der Waals surface area contributed by atoms with Crippen molar-refractivity contribution in [3.8, 4) is 0 Å². The Morgan fingerprint density at radius 2 is 1.68 bits per heavy atom. The molecule has 2 rings (SSSR count). The summed E-state index contributed by atoms with van der Waals surface area (Å²) in [6.07, 6.45) is 0.261. The van der Waals surface area contributed by atoms with Gasteiger partial charge in [-0.05, 0) is 59.6 Å². The number of ether oxygens (including phenoxy) is 1. The summed E-state index contributed by atoms with van der Waals surface area (Å²) in [7, 11) is -0.265. The zero-order chi connectivity index (χ0) is 18.9. The van der Waals surface area contributed by atoms with Crippen molar-refractivity contribution in [3.05, 3.63) is 35.4 Å². The minimum Gasteiger partial charge on any atom is -0.444 e. The van der Waals surface area contributed by atoms with Crippen LogP contribution in [0.3, 0.4) is 0 Å². The average molecular weight is 347 g/mol. The average Bonchev–Trinajstić information content (AvgIpc) is 2.62. The van der Waals surface area contributed by atoms with Gasteiger partial charge in [-0.25, -0.2) is 4.79 Å². The third-order valence-electron chi connectivity index (χ3n) is 4.53. The maximum Gasteiger partial charge on any atom is 0.462 e. The summed E-state index contributed by atoms with van der Waals surface area (Å²) < 4.78 is 17.4. The van der Waals surface area contributed by atoms with Gasteiger partial charge in [-0.3, -0.25) is 0 Å². The Labute approximate surface area is 151 Å². The van der Waals surface area contributed by atoms with E-state index in [-0.39, 0.29) is 18.3 Å². The number of benzene rings is 1. The highest BCUT2D eigenvalue weighted by molar-refractivity contribution is 6.45. The maximum atomic E-state index is 11.8. The molecule has 1 aromatic carbocycles. The van der Waals surface area contributed by atoms with Crippen molar-refractivity contribution in [1.82, 2.24) is 5.32 Å². The van der Waals surface area contributed by atoms with Crippen LogP contribution in [0.4, 0.5) is 4.79 Å².